The molecule has 0 aliphatic carbocycles. The molecule has 3 amide bonds. The van der Waals surface area contributed by atoms with Crippen LogP contribution in [0.15, 0.2) is 48.5 Å². The van der Waals surface area contributed by atoms with Gasteiger partial charge in [0.05, 0.1) is 6.61 Å². The average Bonchev–Trinajstić information content (AvgIpc) is 2.97. The van der Waals surface area contributed by atoms with E-state index in [2.05, 4.69) is 5.32 Å². The molecule has 162 valence electrons. The average molecular weight is 424 g/mol. The number of nitrogens with zero attached hydrogens (tertiary/aromatic N) is 1. The first-order valence-electron chi connectivity index (χ1n) is 9.87. The second kappa shape index (κ2) is 8.99. The number of amides is 3. The second-order valence-electron chi connectivity index (χ2n) is 7.35. The first-order valence-corrected chi connectivity index (χ1v) is 9.87. The molecule has 1 fully saturated rings. The number of imide groups is 1. The summed E-state index contributed by atoms with van der Waals surface area (Å²) in [6.07, 6.45) is 0. The van der Waals surface area contributed by atoms with Crippen LogP contribution >= 0.6 is 0 Å². The largest absolute Gasteiger partial charge is 0.494 e. The lowest BCUT2D eigenvalue weighted by atomic mass is 9.91. The van der Waals surface area contributed by atoms with Crippen LogP contribution in [0.25, 0.3) is 0 Å². The highest BCUT2D eigenvalue weighted by Crippen LogP contribution is 2.28. The highest BCUT2D eigenvalue weighted by Gasteiger charge is 2.49. The summed E-state index contributed by atoms with van der Waals surface area (Å²) >= 11 is 0. The standard InChI is InChI=1S/C23H24N2O6/c1-4-30-18-11-7-16(8-12-18)19(26)14-31-20(27)13-25-21(28)23(3,24-22(25)29)17-9-5-15(2)6-10-17/h5-12H,4,13-14H2,1-3H3,(H,24,29)/t23-/m0/s1. The van der Waals surface area contributed by atoms with Crippen LogP contribution in [0.1, 0.15) is 35.3 Å². The van der Waals surface area contributed by atoms with E-state index in [0.29, 0.717) is 23.5 Å². The maximum atomic E-state index is 12.9. The number of urea groups is 1. The number of Topliss-reactive ketones (excluding diaryl/α,β-unsaturated/α-hetero) is 1. The number of aryl methyl sites for hydroxylation is 1. The predicted octanol–water partition coefficient (Wildman–Crippen LogP) is 2.59. The fourth-order valence-corrected chi connectivity index (χ4v) is 3.23. The molecule has 0 bridgehead atoms. The molecular weight excluding hydrogens is 400 g/mol. The minimum Gasteiger partial charge on any atom is -0.494 e. The van der Waals surface area contributed by atoms with Gasteiger partial charge in [0, 0.05) is 5.56 Å². The van der Waals surface area contributed by atoms with Crippen molar-refractivity contribution >= 4 is 23.7 Å². The van der Waals surface area contributed by atoms with Gasteiger partial charge in [0.15, 0.2) is 12.4 Å². The number of rotatable bonds is 8. The normalized spacial score (nSPS) is 18.0. The molecule has 0 radical (unpaired) electrons. The zero-order valence-corrected chi connectivity index (χ0v) is 17.6. The van der Waals surface area contributed by atoms with Gasteiger partial charge >= 0.3 is 12.0 Å². The smallest absolute Gasteiger partial charge is 0.326 e. The highest BCUT2D eigenvalue weighted by atomic mass is 16.5. The lowest BCUT2D eigenvalue weighted by molar-refractivity contribution is -0.146. The van der Waals surface area contributed by atoms with Crippen molar-refractivity contribution < 1.29 is 28.7 Å². The second-order valence-corrected chi connectivity index (χ2v) is 7.35. The van der Waals surface area contributed by atoms with Crippen molar-refractivity contribution in [3.63, 3.8) is 0 Å². The van der Waals surface area contributed by atoms with Gasteiger partial charge in [-0.05, 0) is 50.6 Å². The van der Waals surface area contributed by atoms with Gasteiger partial charge in [-0.15, -0.1) is 0 Å². The maximum Gasteiger partial charge on any atom is 0.326 e. The highest BCUT2D eigenvalue weighted by molar-refractivity contribution is 6.09. The van der Waals surface area contributed by atoms with Gasteiger partial charge < -0.3 is 14.8 Å². The predicted molar refractivity (Wildman–Crippen MR) is 112 cm³/mol. The third kappa shape index (κ3) is 4.74. The molecule has 2 aromatic rings. The van der Waals surface area contributed by atoms with Gasteiger partial charge in [-0.3, -0.25) is 19.3 Å². The summed E-state index contributed by atoms with van der Waals surface area (Å²) in [5, 5.41) is 2.63. The van der Waals surface area contributed by atoms with Crippen molar-refractivity contribution in [2.24, 2.45) is 0 Å². The topological polar surface area (TPSA) is 102 Å². The molecule has 0 saturated carbocycles. The molecule has 8 heteroatoms. The van der Waals surface area contributed by atoms with E-state index in [-0.39, 0.29) is 0 Å². The number of ether oxygens (including phenoxy) is 2. The summed E-state index contributed by atoms with van der Waals surface area (Å²) in [6.45, 7) is 4.79. The molecule has 1 atom stereocenters. The zero-order valence-electron chi connectivity index (χ0n) is 17.6. The van der Waals surface area contributed by atoms with Gasteiger partial charge in [-0.25, -0.2) is 4.79 Å². The first-order chi connectivity index (χ1) is 14.7. The van der Waals surface area contributed by atoms with Crippen LogP contribution in [0.4, 0.5) is 4.79 Å². The van der Waals surface area contributed by atoms with E-state index in [1.807, 2.05) is 26.0 Å². The van der Waals surface area contributed by atoms with Crippen LogP contribution in [0.5, 0.6) is 5.75 Å². The van der Waals surface area contributed by atoms with Crippen molar-refractivity contribution in [3.8, 4) is 5.75 Å². The van der Waals surface area contributed by atoms with E-state index in [0.717, 1.165) is 10.5 Å². The minimum absolute atomic E-state index is 0.359. The Morgan fingerprint density at radius 2 is 1.68 bits per heavy atom. The number of hydrogen-bond donors (Lipinski definition) is 1. The minimum atomic E-state index is -1.27. The Bertz CT molecular complexity index is 1000. The molecule has 1 heterocycles. The third-order valence-corrected chi connectivity index (χ3v) is 5.04. The molecule has 1 aliphatic heterocycles. The van der Waals surface area contributed by atoms with Gasteiger partial charge in [0.2, 0.25) is 0 Å². The van der Waals surface area contributed by atoms with E-state index >= 15 is 0 Å². The fourth-order valence-electron chi connectivity index (χ4n) is 3.23. The summed E-state index contributed by atoms with van der Waals surface area (Å²) < 4.78 is 10.3. The van der Waals surface area contributed by atoms with Gasteiger partial charge in [0.1, 0.15) is 17.8 Å². The molecule has 1 N–H and O–H groups in total. The zero-order chi connectivity index (χ0) is 22.6. The molecule has 0 aromatic heterocycles. The lowest BCUT2D eigenvalue weighted by Gasteiger charge is -2.22. The van der Waals surface area contributed by atoms with Crippen LogP contribution in [-0.4, -0.2) is 48.3 Å². The Balaban J connectivity index is 1.58. The molecule has 0 unspecified atom stereocenters. The molecule has 3 rings (SSSR count). The van der Waals surface area contributed by atoms with Gasteiger partial charge in [-0.2, -0.15) is 0 Å². The van der Waals surface area contributed by atoms with Crippen LogP contribution in [0.3, 0.4) is 0 Å². The van der Waals surface area contributed by atoms with Crippen LogP contribution in [0, 0.1) is 6.92 Å². The molecule has 1 saturated heterocycles. The van der Waals surface area contributed by atoms with Crippen LogP contribution in [0.2, 0.25) is 0 Å². The maximum absolute atomic E-state index is 12.9. The van der Waals surface area contributed by atoms with E-state index < -0.39 is 42.4 Å². The summed E-state index contributed by atoms with van der Waals surface area (Å²) in [4.78, 5) is 50.4. The molecule has 0 spiro atoms. The molecular formula is C23H24N2O6. The van der Waals surface area contributed by atoms with E-state index in [1.54, 1.807) is 43.3 Å². The van der Waals surface area contributed by atoms with Gasteiger partial charge in [-0.1, -0.05) is 29.8 Å². The number of hydrogen-bond acceptors (Lipinski definition) is 6. The summed E-state index contributed by atoms with van der Waals surface area (Å²) in [5.41, 5.74) is 0.710. The first kappa shape index (κ1) is 22.0. The van der Waals surface area contributed by atoms with Crippen molar-refractivity contribution in [2.45, 2.75) is 26.3 Å². The third-order valence-electron chi connectivity index (χ3n) is 5.04. The summed E-state index contributed by atoms with van der Waals surface area (Å²) in [6, 6.07) is 12.9. The summed E-state index contributed by atoms with van der Waals surface area (Å²) in [7, 11) is 0. The quantitative estimate of drug-likeness (QED) is 0.397. The Morgan fingerprint density at radius 3 is 2.29 bits per heavy atom. The number of ketones is 1. The van der Waals surface area contributed by atoms with Crippen molar-refractivity contribution in [2.75, 3.05) is 19.8 Å². The molecule has 31 heavy (non-hydrogen) atoms. The van der Waals surface area contributed by atoms with E-state index in [9.17, 15) is 19.2 Å². The monoisotopic (exact) mass is 424 g/mol. The Kier molecular flexibility index (Phi) is 6.39. The number of carbonyl (C=O) groups is 4. The SMILES string of the molecule is CCOc1ccc(C(=O)COC(=O)CN2C(=O)N[C@@](C)(c3ccc(C)cc3)C2=O)cc1. The number of benzene rings is 2. The fraction of sp³-hybridized carbons (Fsp3) is 0.304. The van der Waals surface area contributed by atoms with Crippen molar-refractivity contribution in [1.29, 1.82) is 0 Å². The van der Waals surface area contributed by atoms with Crippen LogP contribution in [-0.2, 0) is 19.9 Å². The lowest BCUT2D eigenvalue weighted by Crippen LogP contribution is -2.41. The number of nitrogens with one attached hydrogen (secondary N) is 1. The Morgan fingerprint density at radius 1 is 1.03 bits per heavy atom. The van der Waals surface area contributed by atoms with Crippen molar-refractivity contribution in [3.05, 3.63) is 65.2 Å². The number of esters is 1. The summed E-state index contributed by atoms with van der Waals surface area (Å²) in [5.74, 6) is -1.18. The molecule has 8 nitrogen and oxygen atoms in total. The molecule has 1 aliphatic rings. The van der Waals surface area contributed by atoms with Crippen LogP contribution < -0.4 is 10.1 Å². The molecule has 2 aromatic carbocycles. The van der Waals surface area contributed by atoms with E-state index in [1.165, 1.54) is 0 Å². The van der Waals surface area contributed by atoms with Gasteiger partial charge in [0.25, 0.3) is 5.91 Å². The Labute approximate surface area is 180 Å². The Hall–Kier alpha value is -3.68. The number of carbonyl (C=O) groups excluding carboxylic acids is 4. The van der Waals surface area contributed by atoms with Crippen molar-refractivity contribution in [1.82, 2.24) is 10.2 Å². The van der Waals surface area contributed by atoms with E-state index in [4.69, 9.17) is 9.47 Å².